The lowest BCUT2D eigenvalue weighted by Crippen LogP contribution is -2.39. The van der Waals surface area contributed by atoms with Crippen LogP contribution in [-0.2, 0) is 0 Å². The van der Waals surface area contributed by atoms with Gasteiger partial charge in [0.2, 0.25) is 0 Å². The van der Waals surface area contributed by atoms with Gasteiger partial charge in [0.05, 0.1) is 0 Å². The molecule has 1 aromatic rings. The second-order valence-electron chi connectivity index (χ2n) is 4.95. The molecule has 19 heavy (non-hydrogen) atoms. The first-order chi connectivity index (χ1) is 9.04. The number of hydrogen-bond acceptors (Lipinski definition) is 2. The van der Waals surface area contributed by atoms with Gasteiger partial charge in [-0.1, -0.05) is 36.8 Å². The van der Waals surface area contributed by atoms with Crippen LogP contribution in [-0.4, -0.2) is 38.1 Å². The molecule has 1 unspecified atom stereocenters. The van der Waals surface area contributed by atoms with Gasteiger partial charge in [-0.05, 0) is 18.9 Å². The lowest BCUT2D eigenvalue weighted by atomic mass is 10.0. The number of amides is 2. The summed E-state index contributed by atoms with van der Waals surface area (Å²) < 4.78 is 0. The summed E-state index contributed by atoms with van der Waals surface area (Å²) in [6.45, 7) is 5.66. The summed E-state index contributed by atoms with van der Waals surface area (Å²) in [6.07, 6.45) is 1.03. The molecule has 0 radical (unpaired) electrons. The number of carbonyl (C=O) groups excluding carboxylic acids is 1. The Kier molecular flexibility index (Phi) is 6.36. The number of hydrogen-bond donors (Lipinski definition) is 2. The highest BCUT2D eigenvalue weighted by molar-refractivity contribution is 5.73. The normalized spacial score (nSPS) is 12.0. The number of nitrogens with zero attached hydrogens (tertiary/aromatic N) is 1. The van der Waals surface area contributed by atoms with E-state index in [4.69, 9.17) is 0 Å². The van der Waals surface area contributed by atoms with Gasteiger partial charge in [0, 0.05) is 33.2 Å². The van der Waals surface area contributed by atoms with E-state index in [9.17, 15) is 4.79 Å². The summed E-state index contributed by atoms with van der Waals surface area (Å²) >= 11 is 0. The van der Waals surface area contributed by atoms with Gasteiger partial charge < -0.3 is 15.5 Å². The second-order valence-corrected chi connectivity index (χ2v) is 4.95. The van der Waals surface area contributed by atoms with Gasteiger partial charge in [-0.3, -0.25) is 0 Å². The molecule has 0 aliphatic rings. The van der Waals surface area contributed by atoms with Crippen LogP contribution >= 0.6 is 0 Å². The summed E-state index contributed by atoms with van der Waals surface area (Å²) in [7, 11) is 3.48. The molecule has 0 bridgehead atoms. The van der Waals surface area contributed by atoms with Crippen molar-refractivity contribution in [1.82, 2.24) is 15.5 Å². The average molecular weight is 263 g/mol. The lowest BCUT2D eigenvalue weighted by molar-refractivity contribution is 0.217. The van der Waals surface area contributed by atoms with E-state index in [0.29, 0.717) is 12.6 Å². The third-order valence-corrected chi connectivity index (χ3v) is 3.09. The number of nitrogens with one attached hydrogen (secondary N) is 2. The number of benzene rings is 1. The molecule has 4 heteroatoms. The van der Waals surface area contributed by atoms with E-state index in [2.05, 4.69) is 48.7 Å². The summed E-state index contributed by atoms with van der Waals surface area (Å²) in [4.78, 5) is 12.9. The van der Waals surface area contributed by atoms with Crippen LogP contribution in [0.25, 0.3) is 0 Å². The van der Waals surface area contributed by atoms with E-state index in [1.807, 2.05) is 0 Å². The fourth-order valence-electron chi connectivity index (χ4n) is 1.87. The molecule has 106 valence electrons. The van der Waals surface area contributed by atoms with Crippen LogP contribution in [0.5, 0.6) is 0 Å². The zero-order valence-electron chi connectivity index (χ0n) is 12.4. The first kappa shape index (κ1) is 15.5. The molecule has 1 aromatic carbocycles. The first-order valence-corrected chi connectivity index (χ1v) is 6.79. The molecule has 0 fully saturated rings. The topological polar surface area (TPSA) is 44.4 Å². The SMILES string of the molecule is CCC(NCCNC(=O)N(C)C)c1ccc(C)cc1. The van der Waals surface area contributed by atoms with Gasteiger partial charge in [-0.15, -0.1) is 0 Å². The molecule has 2 amide bonds. The van der Waals surface area contributed by atoms with Crippen LogP contribution in [0.2, 0.25) is 0 Å². The van der Waals surface area contributed by atoms with Crippen molar-refractivity contribution in [3.63, 3.8) is 0 Å². The van der Waals surface area contributed by atoms with Crippen molar-refractivity contribution in [2.24, 2.45) is 0 Å². The zero-order valence-corrected chi connectivity index (χ0v) is 12.4. The molecule has 1 rings (SSSR count). The Balaban J connectivity index is 2.37. The largest absolute Gasteiger partial charge is 0.337 e. The van der Waals surface area contributed by atoms with Crippen LogP contribution in [0.1, 0.15) is 30.5 Å². The van der Waals surface area contributed by atoms with Crippen molar-refractivity contribution in [1.29, 1.82) is 0 Å². The molecule has 0 spiro atoms. The Labute approximate surface area is 116 Å². The van der Waals surface area contributed by atoms with E-state index in [1.165, 1.54) is 16.0 Å². The molecule has 0 aliphatic carbocycles. The maximum absolute atomic E-state index is 11.4. The van der Waals surface area contributed by atoms with Crippen molar-refractivity contribution in [3.8, 4) is 0 Å². The highest BCUT2D eigenvalue weighted by Gasteiger charge is 2.08. The predicted molar refractivity (Wildman–Crippen MR) is 79.3 cm³/mol. The van der Waals surface area contributed by atoms with Crippen molar-refractivity contribution in [2.45, 2.75) is 26.3 Å². The molecule has 0 heterocycles. The summed E-state index contributed by atoms with van der Waals surface area (Å²) in [5.41, 5.74) is 2.57. The van der Waals surface area contributed by atoms with Gasteiger partial charge >= 0.3 is 6.03 Å². The maximum atomic E-state index is 11.4. The zero-order chi connectivity index (χ0) is 14.3. The maximum Gasteiger partial charge on any atom is 0.316 e. The smallest absolute Gasteiger partial charge is 0.316 e. The molecule has 1 atom stereocenters. The van der Waals surface area contributed by atoms with Crippen LogP contribution in [0.4, 0.5) is 4.79 Å². The van der Waals surface area contributed by atoms with Gasteiger partial charge in [0.25, 0.3) is 0 Å². The Morgan fingerprint density at radius 2 is 1.84 bits per heavy atom. The monoisotopic (exact) mass is 263 g/mol. The molecule has 2 N–H and O–H groups in total. The fraction of sp³-hybridized carbons (Fsp3) is 0.533. The fourth-order valence-corrected chi connectivity index (χ4v) is 1.87. The van der Waals surface area contributed by atoms with E-state index in [1.54, 1.807) is 14.1 Å². The van der Waals surface area contributed by atoms with Gasteiger partial charge in [-0.25, -0.2) is 4.79 Å². The number of carbonyl (C=O) groups is 1. The molecular weight excluding hydrogens is 238 g/mol. The predicted octanol–water partition coefficient (Wildman–Crippen LogP) is 2.31. The minimum atomic E-state index is -0.0508. The van der Waals surface area contributed by atoms with Gasteiger partial charge in [0.15, 0.2) is 0 Å². The van der Waals surface area contributed by atoms with Crippen molar-refractivity contribution in [3.05, 3.63) is 35.4 Å². The van der Waals surface area contributed by atoms with Crippen LogP contribution < -0.4 is 10.6 Å². The van der Waals surface area contributed by atoms with Gasteiger partial charge in [-0.2, -0.15) is 0 Å². The molecule has 0 aliphatic heterocycles. The number of urea groups is 1. The third-order valence-electron chi connectivity index (χ3n) is 3.09. The minimum absolute atomic E-state index is 0.0508. The quantitative estimate of drug-likeness (QED) is 0.774. The summed E-state index contributed by atoms with van der Waals surface area (Å²) in [5, 5.41) is 6.31. The van der Waals surface area contributed by atoms with Crippen LogP contribution in [0.3, 0.4) is 0 Å². The summed E-state index contributed by atoms with van der Waals surface area (Å²) in [6, 6.07) is 8.88. The first-order valence-electron chi connectivity index (χ1n) is 6.79. The molecule has 0 aromatic heterocycles. The van der Waals surface area contributed by atoms with E-state index in [-0.39, 0.29) is 6.03 Å². The van der Waals surface area contributed by atoms with Gasteiger partial charge in [0.1, 0.15) is 0 Å². The molecule has 0 saturated heterocycles. The van der Waals surface area contributed by atoms with E-state index in [0.717, 1.165) is 13.0 Å². The lowest BCUT2D eigenvalue weighted by Gasteiger charge is -2.18. The summed E-state index contributed by atoms with van der Waals surface area (Å²) in [5.74, 6) is 0. The van der Waals surface area contributed by atoms with Crippen LogP contribution in [0.15, 0.2) is 24.3 Å². The molecule has 0 saturated carbocycles. The Hall–Kier alpha value is -1.55. The Bertz CT molecular complexity index is 387. The number of aryl methyl sites for hydroxylation is 1. The Morgan fingerprint density at radius 1 is 1.21 bits per heavy atom. The third kappa shape index (κ3) is 5.30. The van der Waals surface area contributed by atoms with Crippen LogP contribution in [0, 0.1) is 6.92 Å². The second kappa shape index (κ2) is 7.79. The highest BCUT2D eigenvalue weighted by atomic mass is 16.2. The standard InChI is InChI=1S/C15H25N3O/c1-5-14(13-8-6-12(2)7-9-13)16-10-11-17-15(19)18(3)4/h6-9,14,16H,5,10-11H2,1-4H3,(H,17,19). The van der Waals surface area contributed by atoms with Crippen molar-refractivity contribution in [2.75, 3.05) is 27.2 Å². The Morgan fingerprint density at radius 3 is 2.37 bits per heavy atom. The average Bonchev–Trinajstić information content (AvgIpc) is 2.40. The van der Waals surface area contributed by atoms with E-state index >= 15 is 0 Å². The highest BCUT2D eigenvalue weighted by Crippen LogP contribution is 2.16. The van der Waals surface area contributed by atoms with Crippen molar-refractivity contribution >= 4 is 6.03 Å². The molecule has 4 nitrogen and oxygen atoms in total. The minimum Gasteiger partial charge on any atom is -0.337 e. The van der Waals surface area contributed by atoms with Crippen molar-refractivity contribution < 1.29 is 4.79 Å². The number of rotatable bonds is 6. The molecular formula is C15H25N3O. The van der Waals surface area contributed by atoms with E-state index < -0.39 is 0 Å².